The zero-order valence-corrected chi connectivity index (χ0v) is 12.1. The van der Waals surface area contributed by atoms with E-state index in [1.54, 1.807) is 6.26 Å². The minimum atomic E-state index is -0.00749. The smallest absolute Gasteiger partial charge is 0.216 e. The molecule has 0 atom stereocenters. The highest BCUT2D eigenvalue weighted by molar-refractivity contribution is 5.72. The van der Waals surface area contributed by atoms with Gasteiger partial charge in [-0.05, 0) is 30.2 Å². The number of furan rings is 1. The number of amides is 1. The fraction of sp³-hybridized carbons (Fsp3) is 0.312. The third-order valence-corrected chi connectivity index (χ3v) is 3.03. The maximum atomic E-state index is 10.8. The summed E-state index contributed by atoms with van der Waals surface area (Å²) < 4.78 is 10.9. The molecular weight excluding hydrogens is 268 g/mol. The number of carbonyl (C=O) groups is 1. The molecule has 1 heterocycles. The molecule has 5 nitrogen and oxygen atoms in total. The van der Waals surface area contributed by atoms with Crippen LogP contribution in [0.1, 0.15) is 23.8 Å². The molecule has 0 unspecified atom stereocenters. The molecule has 0 bridgehead atoms. The lowest BCUT2D eigenvalue weighted by molar-refractivity contribution is -0.118. The predicted octanol–water partition coefficient (Wildman–Crippen LogP) is 2.00. The van der Waals surface area contributed by atoms with Crippen molar-refractivity contribution in [3.63, 3.8) is 0 Å². The van der Waals surface area contributed by atoms with Gasteiger partial charge in [0, 0.05) is 19.0 Å². The van der Waals surface area contributed by atoms with Gasteiger partial charge in [0.15, 0.2) is 0 Å². The summed E-state index contributed by atoms with van der Waals surface area (Å²) in [5.74, 6) is 1.54. The van der Waals surface area contributed by atoms with Gasteiger partial charge in [-0.3, -0.25) is 4.79 Å². The highest BCUT2D eigenvalue weighted by Gasteiger charge is 2.02. The second-order valence-corrected chi connectivity index (χ2v) is 4.79. The molecule has 0 saturated carbocycles. The van der Waals surface area contributed by atoms with Gasteiger partial charge in [0.05, 0.1) is 12.8 Å². The van der Waals surface area contributed by atoms with Gasteiger partial charge in [0.2, 0.25) is 5.91 Å². The Bertz CT molecular complexity index is 575. The molecule has 0 aliphatic rings. The van der Waals surface area contributed by atoms with Crippen LogP contribution in [-0.2, 0) is 24.4 Å². The van der Waals surface area contributed by atoms with Crippen molar-refractivity contribution in [1.82, 2.24) is 5.32 Å². The SMILES string of the molecule is CC(=O)NCCc1ccc(OCc2coc(CN)c2)cc1. The summed E-state index contributed by atoms with van der Waals surface area (Å²) in [7, 11) is 0. The van der Waals surface area contributed by atoms with Crippen molar-refractivity contribution in [3.05, 3.63) is 53.5 Å². The first-order valence-corrected chi connectivity index (χ1v) is 6.90. The number of nitrogens with two attached hydrogens (primary N) is 1. The average Bonchev–Trinajstić information content (AvgIpc) is 2.94. The highest BCUT2D eigenvalue weighted by atomic mass is 16.5. The molecule has 2 rings (SSSR count). The second kappa shape index (κ2) is 7.50. The third-order valence-electron chi connectivity index (χ3n) is 3.03. The Morgan fingerprint density at radius 2 is 2.05 bits per heavy atom. The van der Waals surface area contributed by atoms with Gasteiger partial charge in [0.1, 0.15) is 18.1 Å². The van der Waals surface area contributed by atoms with E-state index < -0.39 is 0 Å². The van der Waals surface area contributed by atoms with Crippen molar-refractivity contribution < 1.29 is 13.9 Å². The lowest BCUT2D eigenvalue weighted by Gasteiger charge is -2.06. The van der Waals surface area contributed by atoms with E-state index in [2.05, 4.69) is 5.32 Å². The van der Waals surface area contributed by atoms with Crippen LogP contribution in [0.4, 0.5) is 0 Å². The molecule has 1 aromatic heterocycles. The fourth-order valence-electron chi connectivity index (χ4n) is 1.91. The first kappa shape index (κ1) is 15.1. The fourth-order valence-corrected chi connectivity index (χ4v) is 1.91. The van der Waals surface area contributed by atoms with Crippen LogP contribution in [0, 0.1) is 0 Å². The topological polar surface area (TPSA) is 77.5 Å². The summed E-state index contributed by atoms with van der Waals surface area (Å²) >= 11 is 0. The van der Waals surface area contributed by atoms with Crippen LogP contribution in [0.15, 0.2) is 41.0 Å². The van der Waals surface area contributed by atoms with Crippen molar-refractivity contribution in [2.24, 2.45) is 5.73 Å². The maximum Gasteiger partial charge on any atom is 0.216 e. The van der Waals surface area contributed by atoms with Gasteiger partial charge >= 0.3 is 0 Å². The largest absolute Gasteiger partial charge is 0.489 e. The van der Waals surface area contributed by atoms with Crippen molar-refractivity contribution in [2.45, 2.75) is 26.5 Å². The Hall–Kier alpha value is -2.27. The number of hydrogen-bond acceptors (Lipinski definition) is 4. The number of ether oxygens (including phenoxy) is 1. The molecule has 0 radical (unpaired) electrons. The van der Waals surface area contributed by atoms with Gasteiger partial charge < -0.3 is 20.2 Å². The lowest BCUT2D eigenvalue weighted by atomic mass is 10.1. The van der Waals surface area contributed by atoms with Crippen molar-refractivity contribution >= 4 is 5.91 Å². The van der Waals surface area contributed by atoms with Gasteiger partial charge in [-0.2, -0.15) is 0 Å². The summed E-state index contributed by atoms with van der Waals surface area (Å²) in [5.41, 5.74) is 7.61. The maximum absolute atomic E-state index is 10.8. The molecule has 1 amide bonds. The minimum absolute atomic E-state index is 0.00749. The van der Waals surface area contributed by atoms with E-state index in [0.717, 1.165) is 29.1 Å². The van der Waals surface area contributed by atoms with Gasteiger partial charge in [-0.15, -0.1) is 0 Å². The molecule has 0 spiro atoms. The summed E-state index contributed by atoms with van der Waals surface area (Å²) in [5, 5.41) is 2.77. The molecule has 2 aromatic rings. The molecule has 0 fully saturated rings. The number of hydrogen-bond donors (Lipinski definition) is 2. The summed E-state index contributed by atoms with van der Waals surface area (Å²) in [4.78, 5) is 10.8. The van der Waals surface area contributed by atoms with E-state index in [1.165, 1.54) is 6.92 Å². The molecular formula is C16H20N2O3. The molecule has 3 N–H and O–H groups in total. The Kier molecular flexibility index (Phi) is 5.40. The van der Waals surface area contributed by atoms with Crippen LogP contribution in [0.2, 0.25) is 0 Å². The van der Waals surface area contributed by atoms with E-state index in [4.69, 9.17) is 14.9 Å². The van der Waals surface area contributed by atoms with Crippen molar-refractivity contribution in [1.29, 1.82) is 0 Å². The highest BCUT2D eigenvalue weighted by Crippen LogP contribution is 2.15. The van der Waals surface area contributed by atoms with Crippen LogP contribution >= 0.6 is 0 Å². The van der Waals surface area contributed by atoms with Gasteiger partial charge in [0.25, 0.3) is 0 Å². The molecule has 21 heavy (non-hydrogen) atoms. The standard InChI is InChI=1S/C16H20N2O3/c1-12(19)18-7-6-13-2-4-15(5-3-13)20-10-14-8-16(9-17)21-11-14/h2-5,8,11H,6-7,9-10,17H2,1H3,(H,18,19). The summed E-state index contributed by atoms with van der Waals surface area (Å²) in [6, 6.07) is 9.73. The first-order valence-electron chi connectivity index (χ1n) is 6.90. The number of rotatable bonds is 7. The third kappa shape index (κ3) is 4.96. The van der Waals surface area contributed by atoms with Crippen LogP contribution in [-0.4, -0.2) is 12.5 Å². The molecule has 1 aromatic carbocycles. The average molecular weight is 288 g/mol. The zero-order valence-electron chi connectivity index (χ0n) is 12.1. The Labute approximate surface area is 124 Å². The van der Waals surface area contributed by atoms with Crippen LogP contribution in [0.5, 0.6) is 5.75 Å². The monoisotopic (exact) mass is 288 g/mol. The summed E-state index contributed by atoms with van der Waals surface area (Å²) in [6.07, 6.45) is 2.46. The normalized spacial score (nSPS) is 10.4. The van der Waals surface area contributed by atoms with Crippen molar-refractivity contribution in [2.75, 3.05) is 6.54 Å². The van der Waals surface area contributed by atoms with Gasteiger partial charge in [-0.1, -0.05) is 12.1 Å². The number of nitrogens with one attached hydrogen (secondary N) is 1. The van der Waals surface area contributed by atoms with E-state index >= 15 is 0 Å². The molecule has 0 aliphatic carbocycles. The molecule has 5 heteroatoms. The lowest BCUT2D eigenvalue weighted by Crippen LogP contribution is -2.22. The quantitative estimate of drug-likeness (QED) is 0.817. The molecule has 0 saturated heterocycles. The minimum Gasteiger partial charge on any atom is -0.489 e. The molecule has 112 valence electrons. The van der Waals surface area contributed by atoms with E-state index in [-0.39, 0.29) is 5.91 Å². The molecule has 0 aliphatic heterocycles. The number of benzene rings is 1. The van der Waals surface area contributed by atoms with Crippen molar-refractivity contribution in [3.8, 4) is 5.75 Å². The Morgan fingerprint density at radius 3 is 2.67 bits per heavy atom. The predicted molar refractivity (Wildman–Crippen MR) is 79.8 cm³/mol. The zero-order chi connectivity index (χ0) is 15.1. The second-order valence-electron chi connectivity index (χ2n) is 4.79. The Balaban J connectivity index is 1.80. The summed E-state index contributed by atoms with van der Waals surface area (Å²) in [6.45, 7) is 3.01. The van der Waals surface area contributed by atoms with E-state index in [9.17, 15) is 4.79 Å². The van der Waals surface area contributed by atoms with Crippen LogP contribution < -0.4 is 15.8 Å². The van der Waals surface area contributed by atoms with Gasteiger partial charge in [-0.25, -0.2) is 0 Å². The van der Waals surface area contributed by atoms with E-state index in [1.807, 2.05) is 30.3 Å². The first-order chi connectivity index (χ1) is 10.2. The Morgan fingerprint density at radius 1 is 1.29 bits per heavy atom. The van der Waals surface area contributed by atoms with E-state index in [0.29, 0.717) is 19.7 Å². The van der Waals surface area contributed by atoms with Crippen LogP contribution in [0.25, 0.3) is 0 Å². The number of carbonyl (C=O) groups excluding carboxylic acids is 1. The van der Waals surface area contributed by atoms with Crippen LogP contribution in [0.3, 0.4) is 0 Å².